The number of fused-ring (bicyclic) bond motifs is 1. The predicted molar refractivity (Wildman–Crippen MR) is 101 cm³/mol. The van der Waals surface area contributed by atoms with Gasteiger partial charge in [-0.05, 0) is 30.5 Å². The Hall–Kier alpha value is -3.07. The van der Waals surface area contributed by atoms with Crippen molar-refractivity contribution in [3.63, 3.8) is 0 Å². The van der Waals surface area contributed by atoms with Crippen LogP contribution in [0, 0.1) is 6.92 Å². The van der Waals surface area contributed by atoms with Crippen molar-refractivity contribution in [1.29, 1.82) is 0 Å². The average Bonchev–Trinajstić information content (AvgIpc) is 2.87. The van der Waals surface area contributed by atoms with Gasteiger partial charge in [0.05, 0.1) is 5.69 Å². The van der Waals surface area contributed by atoms with Crippen LogP contribution >= 0.6 is 0 Å². The number of hydrogen-bond donors (Lipinski definition) is 1. The molecular formula is C21H17N3. The number of aliphatic imine (C=N–C) groups is 1. The van der Waals surface area contributed by atoms with E-state index in [0.29, 0.717) is 0 Å². The zero-order chi connectivity index (χ0) is 16.3. The second kappa shape index (κ2) is 4.71. The maximum Gasteiger partial charge on any atom is 0.140 e. The molecule has 0 fully saturated rings. The van der Waals surface area contributed by atoms with Crippen molar-refractivity contribution in [2.45, 2.75) is 6.92 Å². The molecule has 1 aliphatic rings. The molecule has 0 aliphatic carbocycles. The first-order chi connectivity index (χ1) is 11.7. The number of aryl methyl sites for hydroxylation is 1. The number of para-hydroxylation sites is 1. The van der Waals surface area contributed by atoms with E-state index >= 15 is 0 Å². The lowest BCUT2D eigenvalue weighted by molar-refractivity contribution is 0.916. The van der Waals surface area contributed by atoms with Crippen LogP contribution in [-0.2, 0) is 7.05 Å². The summed E-state index contributed by atoms with van der Waals surface area (Å²) >= 11 is 0. The fourth-order valence-corrected chi connectivity index (χ4v) is 3.73. The molecule has 24 heavy (non-hydrogen) atoms. The van der Waals surface area contributed by atoms with E-state index in [9.17, 15) is 0 Å². The van der Waals surface area contributed by atoms with Crippen molar-refractivity contribution in [2.75, 3.05) is 5.32 Å². The number of rotatable bonds is 1. The van der Waals surface area contributed by atoms with Crippen LogP contribution in [-0.4, -0.2) is 10.4 Å². The second-order valence-corrected chi connectivity index (χ2v) is 6.30. The van der Waals surface area contributed by atoms with Gasteiger partial charge in [0.2, 0.25) is 0 Å². The molecule has 0 bridgehead atoms. The zero-order valence-electron chi connectivity index (χ0n) is 13.7. The third-order valence-corrected chi connectivity index (χ3v) is 5.00. The van der Waals surface area contributed by atoms with Crippen LogP contribution in [0.1, 0.15) is 11.3 Å². The van der Waals surface area contributed by atoms with Gasteiger partial charge in [0.25, 0.3) is 0 Å². The Morgan fingerprint density at radius 3 is 2.58 bits per heavy atom. The van der Waals surface area contributed by atoms with Crippen LogP contribution in [0.15, 0.2) is 65.7 Å². The summed E-state index contributed by atoms with van der Waals surface area (Å²) < 4.78 is 2.23. The van der Waals surface area contributed by atoms with Crippen molar-refractivity contribution in [3.8, 4) is 0 Å². The molecule has 1 aliphatic heterocycles. The van der Waals surface area contributed by atoms with E-state index in [2.05, 4.69) is 84.5 Å². The van der Waals surface area contributed by atoms with Crippen LogP contribution in [0.3, 0.4) is 0 Å². The molecule has 0 spiro atoms. The van der Waals surface area contributed by atoms with Crippen LogP contribution in [0.4, 0.5) is 11.4 Å². The maximum absolute atomic E-state index is 4.95. The topological polar surface area (TPSA) is 29.3 Å². The number of benzene rings is 3. The quantitative estimate of drug-likeness (QED) is 0.518. The van der Waals surface area contributed by atoms with Crippen LogP contribution in [0.25, 0.3) is 21.7 Å². The van der Waals surface area contributed by atoms with Crippen molar-refractivity contribution < 1.29 is 0 Å². The molecule has 0 amide bonds. The molecule has 0 saturated heterocycles. The monoisotopic (exact) mass is 311 g/mol. The first kappa shape index (κ1) is 13.4. The van der Waals surface area contributed by atoms with Crippen LogP contribution in [0.5, 0.6) is 0 Å². The largest absolute Gasteiger partial charge is 0.347 e. The number of nitrogens with zero attached hydrogens (tertiary/aromatic N) is 2. The Labute approximate surface area is 140 Å². The Morgan fingerprint density at radius 1 is 0.917 bits per heavy atom. The lowest BCUT2D eigenvalue weighted by Crippen LogP contribution is -2.17. The Morgan fingerprint density at radius 2 is 1.71 bits per heavy atom. The van der Waals surface area contributed by atoms with E-state index in [-0.39, 0.29) is 0 Å². The number of hydrogen-bond acceptors (Lipinski definition) is 2. The standard InChI is InChI=1S/C21H17N3/c1-13-19(15-9-3-4-12-18(15)24(13)2)21-22-16-10-5-7-14-8-6-11-17(23-21)20(14)16/h3-12H,1-2H3,(H,22,23). The zero-order valence-corrected chi connectivity index (χ0v) is 13.7. The molecule has 0 saturated carbocycles. The SMILES string of the molecule is Cc1c(C2=Nc3cccc4cccc(c34)N2)c2ccccc2n1C. The van der Waals surface area contributed by atoms with Crippen molar-refractivity contribution >= 4 is 38.9 Å². The first-order valence-corrected chi connectivity index (χ1v) is 8.16. The minimum Gasteiger partial charge on any atom is -0.347 e. The van der Waals surface area contributed by atoms with Gasteiger partial charge in [0.15, 0.2) is 0 Å². The van der Waals surface area contributed by atoms with Gasteiger partial charge in [-0.25, -0.2) is 4.99 Å². The first-order valence-electron chi connectivity index (χ1n) is 8.16. The molecule has 1 N–H and O–H groups in total. The summed E-state index contributed by atoms with van der Waals surface area (Å²) in [5.41, 5.74) is 5.78. The lowest BCUT2D eigenvalue weighted by atomic mass is 10.0. The molecule has 3 nitrogen and oxygen atoms in total. The normalized spacial score (nSPS) is 13.2. The van der Waals surface area contributed by atoms with E-state index in [1.807, 2.05) is 0 Å². The molecule has 116 valence electrons. The molecule has 0 unspecified atom stereocenters. The second-order valence-electron chi connectivity index (χ2n) is 6.30. The Bertz CT molecular complexity index is 1140. The summed E-state index contributed by atoms with van der Waals surface area (Å²) in [5, 5.41) is 7.21. The maximum atomic E-state index is 4.95. The van der Waals surface area contributed by atoms with E-state index in [4.69, 9.17) is 4.99 Å². The molecule has 2 heterocycles. The number of aromatic nitrogens is 1. The highest BCUT2D eigenvalue weighted by molar-refractivity contribution is 6.23. The summed E-state index contributed by atoms with van der Waals surface area (Å²) in [6, 6.07) is 21.1. The molecule has 0 radical (unpaired) electrons. The number of nitrogens with one attached hydrogen (secondary N) is 1. The minimum absolute atomic E-state index is 0.926. The van der Waals surface area contributed by atoms with Crippen molar-refractivity contribution in [3.05, 3.63) is 71.9 Å². The van der Waals surface area contributed by atoms with E-state index in [1.54, 1.807) is 0 Å². The fourth-order valence-electron chi connectivity index (χ4n) is 3.73. The molecular weight excluding hydrogens is 294 g/mol. The molecule has 4 aromatic rings. The molecule has 0 atom stereocenters. The number of amidine groups is 1. The van der Waals surface area contributed by atoms with E-state index < -0.39 is 0 Å². The van der Waals surface area contributed by atoms with Gasteiger partial charge in [-0.3, -0.25) is 0 Å². The van der Waals surface area contributed by atoms with Gasteiger partial charge in [-0.1, -0.05) is 42.5 Å². The molecule has 5 rings (SSSR count). The van der Waals surface area contributed by atoms with Gasteiger partial charge < -0.3 is 9.88 Å². The summed E-state index contributed by atoms with van der Waals surface area (Å²) in [6.07, 6.45) is 0. The van der Waals surface area contributed by atoms with Crippen molar-refractivity contribution in [2.24, 2.45) is 12.0 Å². The van der Waals surface area contributed by atoms with E-state index in [0.717, 1.165) is 17.2 Å². The molecule has 1 aromatic heterocycles. The minimum atomic E-state index is 0.926. The summed E-state index contributed by atoms with van der Waals surface area (Å²) in [4.78, 5) is 4.95. The van der Waals surface area contributed by atoms with Gasteiger partial charge in [0.1, 0.15) is 5.84 Å². The smallest absolute Gasteiger partial charge is 0.140 e. The highest BCUT2D eigenvalue weighted by atomic mass is 15.0. The Balaban J connectivity index is 1.82. The van der Waals surface area contributed by atoms with Crippen LogP contribution < -0.4 is 5.32 Å². The van der Waals surface area contributed by atoms with Crippen LogP contribution in [0.2, 0.25) is 0 Å². The molecule has 3 heteroatoms. The predicted octanol–water partition coefficient (Wildman–Crippen LogP) is 5.14. The fraction of sp³-hybridized carbons (Fsp3) is 0.0952. The summed E-state index contributed by atoms with van der Waals surface area (Å²) in [7, 11) is 2.11. The summed E-state index contributed by atoms with van der Waals surface area (Å²) in [6.45, 7) is 2.15. The van der Waals surface area contributed by atoms with Crippen molar-refractivity contribution in [1.82, 2.24) is 4.57 Å². The van der Waals surface area contributed by atoms with E-state index in [1.165, 1.54) is 32.9 Å². The van der Waals surface area contributed by atoms with Gasteiger partial charge in [0, 0.05) is 40.3 Å². The highest BCUT2D eigenvalue weighted by Crippen LogP contribution is 2.37. The summed E-state index contributed by atoms with van der Waals surface area (Å²) in [5.74, 6) is 0.926. The lowest BCUT2D eigenvalue weighted by Gasteiger charge is -2.19. The molecule has 3 aromatic carbocycles. The average molecular weight is 311 g/mol. The third-order valence-electron chi connectivity index (χ3n) is 5.00. The Kier molecular flexibility index (Phi) is 2.63. The van der Waals surface area contributed by atoms with Gasteiger partial charge in [-0.15, -0.1) is 0 Å². The van der Waals surface area contributed by atoms with Gasteiger partial charge >= 0.3 is 0 Å². The number of anilines is 1. The highest BCUT2D eigenvalue weighted by Gasteiger charge is 2.21. The third kappa shape index (κ3) is 1.69. The van der Waals surface area contributed by atoms with Gasteiger partial charge in [-0.2, -0.15) is 0 Å².